The van der Waals surface area contributed by atoms with Crippen molar-refractivity contribution in [3.8, 4) is 0 Å². The molecule has 1 aromatic carbocycles. The van der Waals surface area contributed by atoms with Gasteiger partial charge in [-0.2, -0.15) is 0 Å². The Balaban J connectivity index is 2.69. The number of hydrogen-bond acceptors (Lipinski definition) is 2. The monoisotopic (exact) mass is 151 g/mol. The summed E-state index contributed by atoms with van der Waals surface area (Å²) in [5, 5.41) is 1.18. The average Bonchev–Trinajstić information content (AvgIpc) is 1.95. The predicted octanol–water partition coefficient (Wildman–Crippen LogP) is 0.160. The maximum absolute atomic E-state index is 5.49. The second-order valence-corrected chi connectivity index (χ2v) is 3.12. The molecule has 1 rings (SSSR count). The van der Waals surface area contributed by atoms with Crippen molar-refractivity contribution in [2.24, 2.45) is 0 Å². The van der Waals surface area contributed by atoms with Crippen LogP contribution < -0.4 is 10.9 Å². The number of hydrogen-bond donors (Lipinski definition) is 1. The summed E-state index contributed by atoms with van der Waals surface area (Å²) in [6.07, 6.45) is 0. The van der Waals surface area contributed by atoms with E-state index >= 15 is 0 Å². The molecule has 0 spiro atoms. The number of anilines is 1. The van der Waals surface area contributed by atoms with E-state index in [0.717, 1.165) is 5.69 Å². The zero-order chi connectivity index (χ0) is 7.40. The molecule has 0 unspecified atom stereocenters. The van der Waals surface area contributed by atoms with E-state index in [2.05, 4.69) is 0 Å². The highest BCUT2D eigenvalue weighted by molar-refractivity contribution is 6.46. The molecule has 0 saturated carbocycles. The molecular weight excluding hydrogens is 142 g/mol. The van der Waals surface area contributed by atoms with Crippen LogP contribution in [0, 0.1) is 0 Å². The van der Waals surface area contributed by atoms with Gasteiger partial charge in [-0.05, 0) is 17.3 Å². The van der Waals surface area contributed by atoms with Gasteiger partial charge < -0.3 is 10.2 Å². The van der Waals surface area contributed by atoms with E-state index in [-0.39, 0.29) is 0 Å². The first-order chi connectivity index (χ1) is 4.83. The van der Waals surface area contributed by atoms with Crippen LogP contribution in [-0.2, 0) is 4.43 Å². The van der Waals surface area contributed by atoms with E-state index in [0.29, 0.717) is 9.76 Å². The third-order valence-electron chi connectivity index (χ3n) is 1.13. The lowest BCUT2D eigenvalue weighted by Crippen LogP contribution is -2.15. The molecule has 0 aliphatic rings. The van der Waals surface area contributed by atoms with Gasteiger partial charge in [0.15, 0.2) is 0 Å². The number of rotatable bonds is 2. The fourth-order valence-corrected chi connectivity index (χ4v) is 1.21. The largest absolute Gasteiger partial charge is 0.415 e. The van der Waals surface area contributed by atoms with Gasteiger partial charge in [0.2, 0.25) is 0 Å². The van der Waals surface area contributed by atoms with Gasteiger partial charge >= 0.3 is 0 Å². The lowest BCUT2D eigenvalue weighted by molar-refractivity contribution is 0.450. The Morgan fingerprint density at radius 3 is 2.40 bits per heavy atom. The summed E-state index contributed by atoms with van der Waals surface area (Å²) in [5.41, 5.74) is 6.28. The van der Waals surface area contributed by atoms with Gasteiger partial charge in [-0.15, -0.1) is 0 Å². The Morgan fingerprint density at radius 2 is 1.90 bits per heavy atom. The quantitative estimate of drug-likeness (QED) is 0.483. The van der Waals surface area contributed by atoms with Crippen molar-refractivity contribution in [2.75, 3.05) is 12.8 Å². The molecule has 10 heavy (non-hydrogen) atoms. The second kappa shape index (κ2) is 3.39. The van der Waals surface area contributed by atoms with Gasteiger partial charge in [0.1, 0.15) is 0 Å². The molecule has 0 bridgehead atoms. The van der Waals surface area contributed by atoms with E-state index in [9.17, 15) is 0 Å². The highest BCUT2D eigenvalue weighted by Gasteiger charge is 1.91. The van der Waals surface area contributed by atoms with Gasteiger partial charge in [-0.1, -0.05) is 12.1 Å². The Kier molecular flexibility index (Phi) is 2.47. The van der Waals surface area contributed by atoms with Crippen molar-refractivity contribution < 1.29 is 4.43 Å². The first-order valence-electron chi connectivity index (χ1n) is 2.97. The van der Waals surface area contributed by atoms with Crippen molar-refractivity contribution in [3.63, 3.8) is 0 Å². The van der Waals surface area contributed by atoms with E-state index in [1.54, 1.807) is 7.11 Å². The SMILES string of the molecule is CO[Si]c1ccc(N)cc1. The van der Waals surface area contributed by atoms with E-state index in [1.807, 2.05) is 24.3 Å². The van der Waals surface area contributed by atoms with Gasteiger partial charge in [0, 0.05) is 12.8 Å². The van der Waals surface area contributed by atoms with Gasteiger partial charge in [0.05, 0.1) is 0 Å². The lowest BCUT2D eigenvalue weighted by Gasteiger charge is -1.96. The molecule has 0 aliphatic carbocycles. The molecule has 0 fully saturated rings. The number of nitrogen functional groups attached to an aromatic ring is 1. The molecular formula is C7H9NOSi. The molecule has 0 aromatic heterocycles. The van der Waals surface area contributed by atoms with Crippen LogP contribution in [0.5, 0.6) is 0 Å². The van der Waals surface area contributed by atoms with Crippen molar-refractivity contribution in [3.05, 3.63) is 24.3 Å². The normalized spacial score (nSPS) is 9.70. The summed E-state index contributed by atoms with van der Waals surface area (Å²) in [6, 6.07) is 7.69. The Labute approximate surface area is 62.9 Å². The summed E-state index contributed by atoms with van der Waals surface area (Å²) in [6.45, 7) is 0. The van der Waals surface area contributed by atoms with E-state index in [4.69, 9.17) is 10.2 Å². The van der Waals surface area contributed by atoms with Crippen molar-refractivity contribution in [1.29, 1.82) is 0 Å². The topological polar surface area (TPSA) is 35.2 Å². The molecule has 2 N–H and O–H groups in total. The first kappa shape index (κ1) is 7.31. The van der Waals surface area contributed by atoms with Crippen LogP contribution in [0.25, 0.3) is 0 Å². The van der Waals surface area contributed by atoms with Crippen molar-refractivity contribution in [1.82, 2.24) is 0 Å². The third-order valence-corrected chi connectivity index (χ3v) is 1.90. The smallest absolute Gasteiger partial charge is 0.268 e. The molecule has 0 heterocycles. The Morgan fingerprint density at radius 1 is 1.30 bits per heavy atom. The third kappa shape index (κ3) is 1.86. The van der Waals surface area contributed by atoms with Crippen LogP contribution in [0.15, 0.2) is 24.3 Å². The van der Waals surface area contributed by atoms with E-state index < -0.39 is 0 Å². The molecule has 2 radical (unpaired) electrons. The minimum atomic E-state index is 0.428. The second-order valence-electron chi connectivity index (χ2n) is 1.93. The highest BCUT2D eigenvalue weighted by Crippen LogP contribution is 1.95. The van der Waals surface area contributed by atoms with Gasteiger partial charge in [-0.3, -0.25) is 0 Å². The summed E-state index contributed by atoms with van der Waals surface area (Å²) < 4.78 is 4.95. The van der Waals surface area contributed by atoms with Crippen LogP contribution in [0.2, 0.25) is 0 Å². The van der Waals surface area contributed by atoms with Gasteiger partial charge in [-0.25, -0.2) is 0 Å². The highest BCUT2D eigenvalue weighted by atomic mass is 28.2. The first-order valence-corrected chi connectivity index (χ1v) is 3.88. The molecule has 0 saturated heterocycles. The Bertz CT molecular complexity index is 197. The minimum absolute atomic E-state index is 0.428. The Hall–Kier alpha value is -0.803. The summed E-state index contributed by atoms with van der Waals surface area (Å²) in [7, 11) is 2.12. The van der Waals surface area contributed by atoms with Crippen LogP contribution in [0.4, 0.5) is 5.69 Å². The maximum Gasteiger partial charge on any atom is 0.268 e. The molecule has 0 atom stereocenters. The fraction of sp³-hybridized carbons (Fsp3) is 0.143. The minimum Gasteiger partial charge on any atom is -0.415 e. The molecule has 0 aliphatic heterocycles. The number of benzene rings is 1. The van der Waals surface area contributed by atoms with Crippen LogP contribution in [0.3, 0.4) is 0 Å². The predicted molar refractivity (Wildman–Crippen MR) is 43.3 cm³/mol. The fourth-order valence-electron chi connectivity index (χ4n) is 0.669. The average molecular weight is 151 g/mol. The molecule has 52 valence electrons. The van der Waals surface area contributed by atoms with Crippen LogP contribution in [-0.4, -0.2) is 16.9 Å². The molecule has 1 aromatic rings. The van der Waals surface area contributed by atoms with Crippen LogP contribution >= 0.6 is 0 Å². The molecule has 0 amide bonds. The summed E-state index contributed by atoms with van der Waals surface area (Å²) in [5.74, 6) is 0. The zero-order valence-electron chi connectivity index (χ0n) is 5.79. The summed E-state index contributed by atoms with van der Waals surface area (Å²) in [4.78, 5) is 0. The summed E-state index contributed by atoms with van der Waals surface area (Å²) >= 11 is 0. The maximum atomic E-state index is 5.49. The molecule has 2 nitrogen and oxygen atoms in total. The van der Waals surface area contributed by atoms with Crippen LogP contribution in [0.1, 0.15) is 0 Å². The standard InChI is InChI=1S/C7H9NOSi/c1-9-10-7-4-2-6(8)3-5-7/h2-5H,8H2,1H3. The van der Waals surface area contributed by atoms with Crippen molar-refractivity contribution >= 4 is 20.6 Å². The van der Waals surface area contributed by atoms with Gasteiger partial charge in [0.25, 0.3) is 9.76 Å². The number of nitrogens with two attached hydrogens (primary N) is 1. The van der Waals surface area contributed by atoms with E-state index in [1.165, 1.54) is 5.19 Å². The zero-order valence-corrected chi connectivity index (χ0v) is 6.79. The molecule has 3 heteroatoms. The van der Waals surface area contributed by atoms with Crippen molar-refractivity contribution in [2.45, 2.75) is 0 Å². The lowest BCUT2D eigenvalue weighted by atomic mass is 10.3.